The maximum Gasteiger partial charge on any atom is 0.362 e. The lowest BCUT2D eigenvalue weighted by molar-refractivity contribution is 0.553. The van der Waals surface area contributed by atoms with Crippen molar-refractivity contribution in [3.05, 3.63) is 87.9 Å². The molecule has 32 heavy (non-hydrogen) atoms. The normalized spacial score (nSPS) is 13.2. The number of aromatic nitrogens is 2. The van der Waals surface area contributed by atoms with Crippen molar-refractivity contribution in [1.29, 1.82) is 0 Å². The number of rotatable bonds is 2. The fraction of sp³-hybridized carbons (Fsp3) is 0.0800. The van der Waals surface area contributed by atoms with Crippen LogP contribution >= 0.6 is 0 Å². The van der Waals surface area contributed by atoms with Gasteiger partial charge in [-0.3, -0.25) is 4.99 Å². The van der Waals surface area contributed by atoms with Gasteiger partial charge in [0.15, 0.2) is 0 Å². The summed E-state index contributed by atoms with van der Waals surface area (Å²) in [4.78, 5) is 21.7. The lowest BCUT2D eigenvalue weighted by Crippen LogP contribution is -2.09. The summed E-state index contributed by atoms with van der Waals surface area (Å²) in [6.07, 6.45) is 4.89. The van der Waals surface area contributed by atoms with Gasteiger partial charge in [-0.1, -0.05) is 18.2 Å². The van der Waals surface area contributed by atoms with Crippen LogP contribution in [0.15, 0.2) is 73.5 Å². The molecule has 0 bridgehead atoms. The molecule has 1 aliphatic heterocycles. The van der Waals surface area contributed by atoms with Crippen molar-refractivity contribution in [2.45, 2.75) is 13.1 Å². The Morgan fingerprint density at radius 3 is 2.97 bits per heavy atom. The summed E-state index contributed by atoms with van der Waals surface area (Å²) >= 11 is 0. The van der Waals surface area contributed by atoms with Crippen LogP contribution in [0.25, 0.3) is 43.9 Å². The number of nitrogens with zero attached hydrogens (tertiary/aromatic N) is 3. The molecule has 0 amide bonds. The molecule has 4 aromatic heterocycles. The van der Waals surface area contributed by atoms with Crippen molar-refractivity contribution in [3.63, 3.8) is 0 Å². The van der Waals surface area contributed by atoms with Gasteiger partial charge in [0.05, 0.1) is 29.1 Å². The van der Waals surface area contributed by atoms with Gasteiger partial charge in [0.25, 0.3) is 0 Å². The number of benzene rings is 2. The van der Waals surface area contributed by atoms with E-state index < -0.39 is 11.4 Å². The molecule has 0 radical (unpaired) electrons. The van der Waals surface area contributed by atoms with E-state index in [0.29, 0.717) is 51.3 Å². The van der Waals surface area contributed by atoms with E-state index in [0.717, 1.165) is 16.7 Å². The third-order valence-corrected chi connectivity index (χ3v) is 6.18. The zero-order valence-electron chi connectivity index (χ0n) is 16.6. The van der Waals surface area contributed by atoms with E-state index in [1.807, 2.05) is 29.0 Å². The molecule has 0 N–H and O–H groups in total. The van der Waals surface area contributed by atoms with Gasteiger partial charge in [-0.2, -0.15) is 0 Å². The topological polar surface area (TPSA) is 73.5 Å². The second-order valence-corrected chi connectivity index (χ2v) is 7.97. The number of furan rings is 1. The fourth-order valence-electron chi connectivity index (χ4n) is 4.79. The monoisotopic (exact) mass is 423 g/mol. The van der Waals surface area contributed by atoms with Gasteiger partial charge in [-0.15, -0.1) is 0 Å². The number of pyridine rings is 1. The van der Waals surface area contributed by atoms with Crippen molar-refractivity contribution in [2.75, 3.05) is 0 Å². The van der Waals surface area contributed by atoms with Crippen LogP contribution in [0, 0.1) is 5.82 Å². The van der Waals surface area contributed by atoms with Gasteiger partial charge >= 0.3 is 5.63 Å². The first-order chi connectivity index (χ1) is 15.7. The number of halogens is 1. The maximum absolute atomic E-state index is 15.0. The minimum atomic E-state index is -0.521. The summed E-state index contributed by atoms with van der Waals surface area (Å²) in [6.45, 7) is 1.01. The van der Waals surface area contributed by atoms with E-state index >= 15 is 0 Å². The highest BCUT2D eigenvalue weighted by atomic mass is 19.1. The average Bonchev–Trinajstić information content (AvgIpc) is 3.52. The van der Waals surface area contributed by atoms with E-state index in [2.05, 4.69) is 16.0 Å². The highest BCUT2D eigenvalue weighted by molar-refractivity contribution is 6.25. The standard InChI is InChI=1S/C25H14FN3O3/c26-18-9-19-21(23-16(18)5-7-31-23)20-17-2-1-6-28-24(17)32-25(30)22(20)29(19)12-13-3-4-14-10-27-11-15(14)8-13/h1-10H,11-12H2. The van der Waals surface area contributed by atoms with Gasteiger partial charge in [-0.05, 0) is 41.0 Å². The van der Waals surface area contributed by atoms with E-state index in [9.17, 15) is 9.18 Å². The van der Waals surface area contributed by atoms with Crippen LogP contribution in [0.1, 0.15) is 16.7 Å². The van der Waals surface area contributed by atoms with Gasteiger partial charge in [0, 0.05) is 29.7 Å². The Labute approximate surface area is 179 Å². The minimum absolute atomic E-state index is 0.239. The zero-order chi connectivity index (χ0) is 21.4. The molecule has 2 aromatic carbocycles. The summed E-state index contributed by atoms with van der Waals surface area (Å²) in [6, 6.07) is 12.8. The first-order valence-electron chi connectivity index (χ1n) is 10.2. The van der Waals surface area contributed by atoms with Crippen molar-refractivity contribution in [3.8, 4) is 0 Å². The zero-order valence-corrected chi connectivity index (χ0v) is 16.6. The summed E-state index contributed by atoms with van der Waals surface area (Å²) in [5.74, 6) is -0.403. The summed E-state index contributed by atoms with van der Waals surface area (Å²) in [5.41, 5.74) is 4.26. The molecular weight excluding hydrogens is 409 g/mol. The average molecular weight is 423 g/mol. The fourth-order valence-corrected chi connectivity index (χ4v) is 4.79. The second-order valence-electron chi connectivity index (χ2n) is 7.97. The number of fused-ring (bicyclic) bond motifs is 8. The molecule has 7 heteroatoms. The highest BCUT2D eigenvalue weighted by Gasteiger charge is 2.23. The smallest absolute Gasteiger partial charge is 0.362 e. The predicted molar refractivity (Wildman–Crippen MR) is 120 cm³/mol. The van der Waals surface area contributed by atoms with Gasteiger partial charge in [0.2, 0.25) is 5.71 Å². The molecule has 0 atom stereocenters. The van der Waals surface area contributed by atoms with Crippen LogP contribution in [0.2, 0.25) is 0 Å². The predicted octanol–water partition coefficient (Wildman–Crippen LogP) is 5.16. The first-order valence-corrected chi connectivity index (χ1v) is 10.2. The molecule has 0 spiro atoms. The van der Waals surface area contributed by atoms with Gasteiger partial charge in [0.1, 0.15) is 16.9 Å². The largest absolute Gasteiger partial charge is 0.463 e. The molecule has 0 saturated carbocycles. The Balaban J connectivity index is 1.64. The van der Waals surface area contributed by atoms with E-state index in [-0.39, 0.29) is 5.71 Å². The highest BCUT2D eigenvalue weighted by Crippen LogP contribution is 2.39. The molecule has 0 fully saturated rings. The van der Waals surface area contributed by atoms with Crippen LogP contribution in [0.4, 0.5) is 4.39 Å². The molecule has 6 aromatic rings. The van der Waals surface area contributed by atoms with Crippen molar-refractivity contribution in [1.82, 2.24) is 9.55 Å². The molecule has 0 saturated heterocycles. The number of hydrogen-bond donors (Lipinski definition) is 0. The Bertz CT molecular complexity index is 1820. The molecule has 7 rings (SSSR count). The van der Waals surface area contributed by atoms with Gasteiger partial charge in [-0.25, -0.2) is 14.2 Å². The van der Waals surface area contributed by atoms with Crippen molar-refractivity contribution in [2.24, 2.45) is 4.99 Å². The molecular formula is C25H14FN3O3. The second kappa shape index (κ2) is 6.13. The quantitative estimate of drug-likeness (QED) is 0.386. The van der Waals surface area contributed by atoms with E-state index in [1.165, 1.54) is 12.3 Å². The molecule has 0 aliphatic carbocycles. The Morgan fingerprint density at radius 1 is 1.09 bits per heavy atom. The Hall–Kier alpha value is -4.26. The molecule has 1 aliphatic rings. The molecule has 154 valence electrons. The van der Waals surface area contributed by atoms with Crippen molar-refractivity contribution < 1.29 is 13.2 Å². The van der Waals surface area contributed by atoms with Crippen LogP contribution in [0.5, 0.6) is 0 Å². The molecule has 5 heterocycles. The van der Waals surface area contributed by atoms with Crippen LogP contribution in [0.3, 0.4) is 0 Å². The van der Waals surface area contributed by atoms with Crippen LogP contribution in [-0.2, 0) is 13.1 Å². The SMILES string of the molecule is O=c1oc2ncccc2c2c3c4occc4c(F)cc3n(Cc3ccc4c(c3)CN=C4)c12. The van der Waals surface area contributed by atoms with Gasteiger partial charge < -0.3 is 13.4 Å². The molecule has 6 nitrogen and oxygen atoms in total. The summed E-state index contributed by atoms with van der Waals surface area (Å²) in [5, 5.41) is 2.38. The Kier molecular flexibility index (Phi) is 3.34. The summed E-state index contributed by atoms with van der Waals surface area (Å²) < 4.78 is 28.1. The Morgan fingerprint density at radius 2 is 2.03 bits per heavy atom. The first kappa shape index (κ1) is 17.4. The third-order valence-electron chi connectivity index (χ3n) is 6.18. The van der Waals surface area contributed by atoms with E-state index in [1.54, 1.807) is 18.3 Å². The number of hydrogen-bond acceptors (Lipinski definition) is 5. The minimum Gasteiger partial charge on any atom is -0.463 e. The third kappa shape index (κ3) is 2.25. The lowest BCUT2D eigenvalue weighted by Gasteiger charge is -2.09. The van der Waals surface area contributed by atoms with Crippen molar-refractivity contribution >= 4 is 50.1 Å². The van der Waals surface area contributed by atoms with E-state index in [4.69, 9.17) is 8.83 Å². The summed E-state index contributed by atoms with van der Waals surface area (Å²) in [7, 11) is 0. The maximum atomic E-state index is 15.0. The van der Waals surface area contributed by atoms with Crippen LogP contribution in [-0.4, -0.2) is 15.8 Å². The van der Waals surface area contributed by atoms with Crippen LogP contribution < -0.4 is 5.63 Å². The lowest BCUT2D eigenvalue weighted by atomic mass is 10.1. The number of aliphatic imine (C=N–C) groups is 1. The molecule has 0 unspecified atom stereocenters.